The summed E-state index contributed by atoms with van der Waals surface area (Å²) in [5.74, 6) is 0.785. The fraction of sp³-hybridized carbons (Fsp3) is 0.556. The average molecular weight is 378 g/mol. The Balaban J connectivity index is 1.98. The van der Waals surface area contributed by atoms with Crippen LogP contribution in [0.4, 0.5) is 0 Å². The van der Waals surface area contributed by atoms with Crippen LogP contribution < -0.4 is 10.5 Å². The van der Waals surface area contributed by atoms with Crippen molar-refractivity contribution in [3.8, 4) is 11.5 Å². The highest BCUT2D eigenvalue weighted by molar-refractivity contribution is 7.89. The number of hydrogen-bond acceptors (Lipinski definition) is 6. The summed E-state index contributed by atoms with van der Waals surface area (Å²) in [7, 11) is -3.65. The summed E-state index contributed by atoms with van der Waals surface area (Å²) in [4.78, 5) is 4.64. The third kappa shape index (κ3) is 3.82. The van der Waals surface area contributed by atoms with Gasteiger partial charge in [-0.15, -0.1) is 0 Å². The highest BCUT2D eigenvalue weighted by Gasteiger charge is 2.36. The molecule has 1 aromatic carbocycles. The second kappa shape index (κ2) is 6.44. The highest BCUT2D eigenvalue weighted by atomic mass is 32.2. The largest absolute Gasteiger partial charge is 0.334 e. The molecule has 7 nitrogen and oxygen atoms in total. The summed E-state index contributed by atoms with van der Waals surface area (Å²) >= 11 is 0. The molecule has 142 valence electrons. The van der Waals surface area contributed by atoms with Gasteiger partial charge in [-0.25, -0.2) is 13.1 Å². The van der Waals surface area contributed by atoms with Crippen LogP contribution in [0.15, 0.2) is 27.6 Å². The second-order valence-electron chi connectivity index (χ2n) is 8.12. The first-order valence-corrected chi connectivity index (χ1v) is 10.3. The van der Waals surface area contributed by atoms with Gasteiger partial charge in [0.25, 0.3) is 5.89 Å². The van der Waals surface area contributed by atoms with E-state index >= 15 is 0 Å². The number of sulfonamides is 1. The molecule has 0 aliphatic heterocycles. The number of aryl methyl sites for hydroxylation is 1. The maximum absolute atomic E-state index is 12.6. The zero-order chi connectivity index (χ0) is 19.2. The van der Waals surface area contributed by atoms with Crippen LogP contribution in [0.5, 0.6) is 0 Å². The summed E-state index contributed by atoms with van der Waals surface area (Å²) in [6.45, 7) is 7.27. The van der Waals surface area contributed by atoms with Crippen LogP contribution in [0.25, 0.3) is 11.5 Å². The van der Waals surface area contributed by atoms with Gasteiger partial charge in [0.1, 0.15) is 0 Å². The number of nitrogens with two attached hydrogens (primary N) is 1. The maximum Gasteiger partial charge on any atom is 0.258 e. The van der Waals surface area contributed by atoms with Gasteiger partial charge in [-0.05, 0) is 58.2 Å². The Kier molecular flexibility index (Phi) is 4.71. The van der Waals surface area contributed by atoms with E-state index in [9.17, 15) is 8.42 Å². The molecule has 0 radical (unpaired) electrons. The lowest BCUT2D eigenvalue weighted by atomic mass is 9.98. The molecule has 26 heavy (non-hydrogen) atoms. The number of nitrogens with one attached hydrogen (secondary N) is 1. The fourth-order valence-corrected chi connectivity index (χ4v) is 4.67. The molecule has 3 N–H and O–H groups in total. The number of aromatic nitrogens is 2. The first kappa shape index (κ1) is 19.0. The minimum absolute atomic E-state index is 0.163. The number of rotatable bonds is 4. The van der Waals surface area contributed by atoms with Gasteiger partial charge in [0.15, 0.2) is 5.82 Å². The standard InChI is InChI=1S/C18H26N4O3S/c1-12-7-8-13(26(23,24)22-17(2,3)4)11-14(12)15-20-16(21-25-15)18(19)9-5-6-10-18/h7-8,11,22H,5-6,9-10,19H2,1-4H3. The molecule has 1 aliphatic carbocycles. The van der Waals surface area contributed by atoms with E-state index in [4.69, 9.17) is 10.3 Å². The van der Waals surface area contributed by atoms with Gasteiger partial charge in [0, 0.05) is 11.1 Å². The van der Waals surface area contributed by atoms with Crippen LogP contribution in [0.3, 0.4) is 0 Å². The van der Waals surface area contributed by atoms with Crippen LogP contribution in [0.2, 0.25) is 0 Å². The van der Waals surface area contributed by atoms with Crippen molar-refractivity contribution in [2.24, 2.45) is 5.73 Å². The Morgan fingerprint density at radius 1 is 1.23 bits per heavy atom. The Morgan fingerprint density at radius 3 is 2.50 bits per heavy atom. The minimum Gasteiger partial charge on any atom is -0.334 e. The van der Waals surface area contributed by atoms with Crippen LogP contribution in [-0.4, -0.2) is 24.1 Å². The van der Waals surface area contributed by atoms with E-state index in [2.05, 4.69) is 14.9 Å². The Morgan fingerprint density at radius 2 is 1.88 bits per heavy atom. The van der Waals surface area contributed by atoms with Gasteiger partial charge in [-0.1, -0.05) is 24.1 Å². The van der Waals surface area contributed by atoms with Crippen LogP contribution in [0, 0.1) is 6.92 Å². The predicted molar refractivity (Wildman–Crippen MR) is 98.9 cm³/mol. The second-order valence-corrected chi connectivity index (χ2v) is 9.80. The van der Waals surface area contributed by atoms with Crippen molar-refractivity contribution in [3.63, 3.8) is 0 Å². The molecular weight excluding hydrogens is 352 g/mol. The minimum atomic E-state index is -3.65. The van der Waals surface area contributed by atoms with Crippen molar-refractivity contribution in [2.45, 2.75) is 69.4 Å². The lowest BCUT2D eigenvalue weighted by Gasteiger charge is -2.20. The summed E-state index contributed by atoms with van der Waals surface area (Å²) < 4.78 is 33.3. The van der Waals surface area contributed by atoms with Crippen LogP contribution in [0.1, 0.15) is 57.8 Å². The molecule has 0 spiro atoms. The lowest BCUT2D eigenvalue weighted by Crippen LogP contribution is -2.40. The molecular formula is C18H26N4O3S. The van der Waals surface area contributed by atoms with Gasteiger partial charge >= 0.3 is 0 Å². The van der Waals surface area contributed by atoms with Crippen molar-refractivity contribution in [1.82, 2.24) is 14.9 Å². The SMILES string of the molecule is Cc1ccc(S(=O)(=O)NC(C)(C)C)cc1-c1nc(C2(N)CCCC2)no1. The van der Waals surface area contributed by atoms with E-state index in [0.717, 1.165) is 31.2 Å². The molecule has 1 aliphatic rings. The monoisotopic (exact) mass is 378 g/mol. The molecule has 1 aromatic heterocycles. The van der Waals surface area contributed by atoms with Gasteiger partial charge < -0.3 is 10.3 Å². The quantitative estimate of drug-likeness (QED) is 0.846. The average Bonchev–Trinajstić information content (AvgIpc) is 3.15. The molecule has 0 unspecified atom stereocenters. The van der Waals surface area contributed by atoms with Crippen LogP contribution >= 0.6 is 0 Å². The zero-order valence-corrected chi connectivity index (χ0v) is 16.5. The molecule has 0 amide bonds. The normalized spacial score (nSPS) is 17.6. The molecule has 1 fully saturated rings. The van der Waals surface area contributed by atoms with E-state index < -0.39 is 21.1 Å². The van der Waals surface area contributed by atoms with Crippen molar-refractivity contribution < 1.29 is 12.9 Å². The molecule has 1 heterocycles. The van der Waals surface area contributed by atoms with Crippen molar-refractivity contribution in [3.05, 3.63) is 29.6 Å². The molecule has 3 rings (SSSR count). The van der Waals surface area contributed by atoms with E-state index in [1.54, 1.807) is 39.0 Å². The maximum atomic E-state index is 12.6. The third-order valence-corrected chi connectivity index (χ3v) is 6.31. The van der Waals surface area contributed by atoms with Crippen molar-refractivity contribution in [1.29, 1.82) is 0 Å². The highest BCUT2D eigenvalue weighted by Crippen LogP contribution is 2.36. The summed E-state index contributed by atoms with van der Waals surface area (Å²) in [6, 6.07) is 4.88. The van der Waals surface area contributed by atoms with E-state index in [-0.39, 0.29) is 4.90 Å². The molecule has 0 saturated heterocycles. The Bertz CT molecular complexity index is 907. The molecule has 0 atom stereocenters. The molecule has 2 aromatic rings. The topological polar surface area (TPSA) is 111 Å². The molecule has 0 bridgehead atoms. The van der Waals surface area contributed by atoms with Gasteiger partial charge in [0.05, 0.1) is 10.4 Å². The van der Waals surface area contributed by atoms with Crippen LogP contribution in [-0.2, 0) is 15.6 Å². The number of benzene rings is 1. The van der Waals surface area contributed by atoms with E-state index in [0.29, 0.717) is 17.3 Å². The Hall–Kier alpha value is -1.77. The molecule has 1 saturated carbocycles. The smallest absolute Gasteiger partial charge is 0.258 e. The van der Waals surface area contributed by atoms with Gasteiger partial charge in [-0.2, -0.15) is 4.98 Å². The van der Waals surface area contributed by atoms with Gasteiger partial charge in [0.2, 0.25) is 10.0 Å². The summed E-state index contributed by atoms with van der Waals surface area (Å²) in [5, 5.41) is 4.06. The number of nitrogens with zero attached hydrogens (tertiary/aromatic N) is 2. The van der Waals surface area contributed by atoms with Crippen molar-refractivity contribution in [2.75, 3.05) is 0 Å². The first-order chi connectivity index (χ1) is 12.0. The number of hydrogen-bond donors (Lipinski definition) is 2. The predicted octanol–water partition coefficient (Wildman–Crippen LogP) is 2.85. The first-order valence-electron chi connectivity index (χ1n) is 8.78. The van der Waals surface area contributed by atoms with Gasteiger partial charge in [-0.3, -0.25) is 0 Å². The summed E-state index contributed by atoms with van der Waals surface area (Å²) in [5.41, 5.74) is 6.72. The van der Waals surface area contributed by atoms with Crippen molar-refractivity contribution >= 4 is 10.0 Å². The summed E-state index contributed by atoms with van der Waals surface area (Å²) in [6.07, 6.45) is 3.75. The Labute approximate surface area is 154 Å². The third-order valence-electron chi connectivity index (χ3n) is 4.56. The van der Waals surface area contributed by atoms with E-state index in [1.165, 1.54) is 0 Å². The zero-order valence-electron chi connectivity index (χ0n) is 15.7. The molecule has 8 heteroatoms. The lowest BCUT2D eigenvalue weighted by molar-refractivity contribution is 0.372. The fourth-order valence-electron chi connectivity index (χ4n) is 3.23. The van der Waals surface area contributed by atoms with E-state index in [1.807, 2.05) is 6.92 Å².